The normalized spacial score (nSPS) is 18.3. The van der Waals surface area contributed by atoms with Crippen molar-refractivity contribution in [2.45, 2.75) is 38.2 Å². The van der Waals surface area contributed by atoms with Gasteiger partial charge in [0.2, 0.25) is 0 Å². The Morgan fingerprint density at radius 3 is 2.71 bits per heavy atom. The van der Waals surface area contributed by atoms with Crippen LogP contribution < -0.4 is 10.5 Å². The Kier molecular flexibility index (Phi) is 3.69. The maximum atomic E-state index is 9.77. The van der Waals surface area contributed by atoms with Crippen molar-refractivity contribution < 1.29 is 9.84 Å². The van der Waals surface area contributed by atoms with Gasteiger partial charge in [-0.3, -0.25) is 0 Å². The highest BCUT2D eigenvalue weighted by Gasteiger charge is 2.19. The summed E-state index contributed by atoms with van der Waals surface area (Å²) < 4.78 is 5.60. The Morgan fingerprint density at radius 2 is 2.00 bits per heavy atom. The van der Waals surface area contributed by atoms with Crippen LogP contribution in [-0.4, -0.2) is 23.9 Å². The molecule has 0 aromatic heterocycles. The number of ether oxygens (including phenoxy) is 1. The lowest BCUT2D eigenvalue weighted by atomic mass is 9.92. The van der Waals surface area contributed by atoms with Gasteiger partial charge in [-0.25, -0.2) is 0 Å². The van der Waals surface area contributed by atoms with Crippen LogP contribution in [0.3, 0.4) is 0 Å². The van der Waals surface area contributed by atoms with E-state index in [1.807, 2.05) is 6.07 Å². The van der Waals surface area contributed by atoms with Gasteiger partial charge in [0.25, 0.3) is 0 Å². The largest absolute Gasteiger partial charge is 0.491 e. The predicted molar refractivity (Wildman–Crippen MR) is 68.3 cm³/mol. The van der Waals surface area contributed by atoms with Crippen LogP contribution in [0.5, 0.6) is 5.75 Å². The summed E-state index contributed by atoms with van der Waals surface area (Å²) in [7, 11) is 0. The molecule has 2 rings (SSSR count). The SMILES string of the molecule is CC(O)(CN)COc1ccc2c(c1)CCCC2. The quantitative estimate of drug-likeness (QED) is 0.834. The highest BCUT2D eigenvalue weighted by atomic mass is 16.5. The third kappa shape index (κ3) is 3.20. The Bertz CT molecular complexity index is 388. The molecule has 0 fully saturated rings. The molecular weight excluding hydrogens is 214 g/mol. The van der Waals surface area contributed by atoms with E-state index in [4.69, 9.17) is 10.5 Å². The molecule has 0 spiro atoms. The van der Waals surface area contributed by atoms with Gasteiger partial charge in [-0.15, -0.1) is 0 Å². The van der Waals surface area contributed by atoms with Crippen molar-refractivity contribution in [1.29, 1.82) is 0 Å². The fourth-order valence-electron chi connectivity index (χ4n) is 2.10. The summed E-state index contributed by atoms with van der Waals surface area (Å²) in [4.78, 5) is 0. The number of benzene rings is 1. The van der Waals surface area contributed by atoms with Gasteiger partial charge < -0.3 is 15.6 Å². The van der Waals surface area contributed by atoms with Gasteiger partial charge in [0.15, 0.2) is 0 Å². The van der Waals surface area contributed by atoms with Crippen molar-refractivity contribution in [3.63, 3.8) is 0 Å². The molecule has 17 heavy (non-hydrogen) atoms. The molecule has 1 atom stereocenters. The molecular formula is C14H21NO2. The lowest BCUT2D eigenvalue weighted by molar-refractivity contribution is 0.0195. The van der Waals surface area contributed by atoms with Crippen molar-refractivity contribution in [3.8, 4) is 5.75 Å². The topological polar surface area (TPSA) is 55.5 Å². The third-order valence-electron chi connectivity index (χ3n) is 3.31. The van der Waals surface area contributed by atoms with Crippen LogP contribution in [0.15, 0.2) is 18.2 Å². The predicted octanol–water partition coefficient (Wildman–Crippen LogP) is 1.65. The molecule has 3 N–H and O–H groups in total. The molecule has 0 saturated heterocycles. The average Bonchev–Trinajstić information content (AvgIpc) is 2.36. The summed E-state index contributed by atoms with van der Waals surface area (Å²) in [5.74, 6) is 0.833. The maximum Gasteiger partial charge on any atom is 0.119 e. The second kappa shape index (κ2) is 5.07. The minimum Gasteiger partial charge on any atom is -0.491 e. The van der Waals surface area contributed by atoms with Crippen LogP contribution in [0.2, 0.25) is 0 Å². The molecule has 1 aliphatic rings. The molecule has 1 unspecified atom stereocenters. The van der Waals surface area contributed by atoms with Gasteiger partial charge in [0.1, 0.15) is 18.0 Å². The zero-order valence-electron chi connectivity index (χ0n) is 10.4. The zero-order valence-corrected chi connectivity index (χ0v) is 10.4. The molecule has 3 nitrogen and oxygen atoms in total. The van der Waals surface area contributed by atoms with Crippen molar-refractivity contribution in [2.24, 2.45) is 5.73 Å². The maximum absolute atomic E-state index is 9.77. The molecule has 1 aromatic rings. The number of hydrogen-bond donors (Lipinski definition) is 2. The molecule has 0 heterocycles. The number of nitrogens with two attached hydrogens (primary N) is 1. The Balaban J connectivity index is 2.02. The summed E-state index contributed by atoms with van der Waals surface area (Å²) >= 11 is 0. The summed E-state index contributed by atoms with van der Waals surface area (Å²) in [6.07, 6.45) is 4.86. The summed E-state index contributed by atoms with van der Waals surface area (Å²) in [5, 5.41) is 9.77. The van der Waals surface area contributed by atoms with Crippen LogP contribution in [0.25, 0.3) is 0 Å². The van der Waals surface area contributed by atoms with Crippen molar-refractivity contribution in [2.75, 3.05) is 13.2 Å². The molecule has 0 radical (unpaired) electrons. The first-order valence-electron chi connectivity index (χ1n) is 6.28. The van der Waals surface area contributed by atoms with E-state index in [1.165, 1.54) is 30.4 Å². The standard InChI is InChI=1S/C14H21NO2/c1-14(16,9-15)10-17-13-7-6-11-4-2-3-5-12(11)8-13/h6-8,16H,2-5,9-10,15H2,1H3. The molecule has 0 aliphatic heterocycles. The van der Waals surface area contributed by atoms with Crippen LogP contribution in [0.4, 0.5) is 0 Å². The first-order valence-corrected chi connectivity index (χ1v) is 6.28. The number of aliphatic hydroxyl groups is 1. The lowest BCUT2D eigenvalue weighted by Crippen LogP contribution is -2.40. The van der Waals surface area contributed by atoms with Gasteiger partial charge in [-0.2, -0.15) is 0 Å². The van der Waals surface area contributed by atoms with E-state index in [0.717, 1.165) is 12.2 Å². The minimum absolute atomic E-state index is 0.206. The smallest absolute Gasteiger partial charge is 0.119 e. The second-order valence-electron chi connectivity index (χ2n) is 5.13. The van der Waals surface area contributed by atoms with Crippen molar-refractivity contribution in [3.05, 3.63) is 29.3 Å². The van der Waals surface area contributed by atoms with Crippen LogP contribution in [0.1, 0.15) is 30.9 Å². The van der Waals surface area contributed by atoms with Crippen LogP contribution in [-0.2, 0) is 12.8 Å². The number of rotatable bonds is 4. The molecule has 0 saturated carbocycles. The second-order valence-corrected chi connectivity index (χ2v) is 5.13. The summed E-state index contributed by atoms with van der Waals surface area (Å²) in [6, 6.07) is 6.22. The first kappa shape index (κ1) is 12.4. The molecule has 0 bridgehead atoms. The highest BCUT2D eigenvalue weighted by molar-refractivity contribution is 5.37. The lowest BCUT2D eigenvalue weighted by Gasteiger charge is -2.22. The Hall–Kier alpha value is -1.06. The average molecular weight is 235 g/mol. The number of aryl methyl sites for hydroxylation is 2. The third-order valence-corrected chi connectivity index (χ3v) is 3.31. The summed E-state index contributed by atoms with van der Waals surface area (Å²) in [6.45, 7) is 2.13. The zero-order chi connectivity index (χ0) is 12.3. The van der Waals surface area contributed by atoms with Crippen molar-refractivity contribution in [1.82, 2.24) is 0 Å². The van der Waals surface area contributed by atoms with Crippen LogP contribution in [0, 0.1) is 0 Å². The minimum atomic E-state index is -0.949. The van der Waals surface area contributed by atoms with Gasteiger partial charge in [-0.05, 0) is 55.9 Å². The van der Waals surface area contributed by atoms with E-state index in [9.17, 15) is 5.11 Å². The molecule has 0 amide bonds. The molecule has 3 heteroatoms. The van der Waals surface area contributed by atoms with E-state index >= 15 is 0 Å². The number of hydrogen-bond acceptors (Lipinski definition) is 3. The Labute approximate surface area is 103 Å². The fourth-order valence-corrected chi connectivity index (χ4v) is 2.10. The van der Waals surface area contributed by atoms with E-state index in [-0.39, 0.29) is 13.2 Å². The molecule has 1 aliphatic carbocycles. The van der Waals surface area contributed by atoms with Crippen molar-refractivity contribution >= 4 is 0 Å². The van der Waals surface area contributed by atoms with Gasteiger partial charge in [-0.1, -0.05) is 6.07 Å². The summed E-state index contributed by atoms with van der Waals surface area (Å²) in [5.41, 5.74) is 7.33. The first-order chi connectivity index (χ1) is 8.11. The van der Waals surface area contributed by atoms with Crippen LogP contribution >= 0.6 is 0 Å². The van der Waals surface area contributed by atoms with E-state index in [1.54, 1.807) is 6.92 Å². The molecule has 94 valence electrons. The van der Waals surface area contributed by atoms with E-state index in [2.05, 4.69) is 12.1 Å². The van der Waals surface area contributed by atoms with E-state index < -0.39 is 5.60 Å². The van der Waals surface area contributed by atoms with Gasteiger partial charge in [0, 0.05) is 6.54 Å². The molecule has 1 aromatic carbocycles. The van der Waals surface area contributed by atoms with Gasteiger partial charge in [0.05, 0.1) is 0 Å². The highest BCUT2D eigenvalue weighted by Crippen LogP contribution is 2.25. The van der Waals surface area contributed by atoms with E-state index in [0.29, 0.717) is 0 Å². The van der Waals surface area contributed by atoms with Gasteiger partial charge >= 0.3 is 0 Å². The number of fused-ring (bicyclic) bond motifs is 1. The Morgan fingerprint density at radius 1 is 1.29 bits per heavy atom. The fraction of sp³-hybridized carbons (Fsp3) is 0.571. The monoisotopic (exact) mass is 235 g/mol.